The number of ether oxygens (including phenoxy) is 1. The van der Waals surface area contributed by atoms with E-state index >= 15 is 0 Å². The van der Waals surface area contributed by atoms with Gasteiger partial charge in [0.15, 0.2) is 5.82 Å². The molecule has 6 heteroatoms. The highest BCUT2D eigenvalue weighted by atomic mass is 35.5. The number of hydrogen-bond acceptors (Lipinski definition) is 5. The Hall–Kier alpha value is -0.910. The Bertz CT molecular complexity index is 403. The van der Waals surface area contributed by atoms with Gasteiger partial charge in [-0.15, -0.1) is 0 Å². The maximum Gasteiger partial charge on any atom is 0.158 e. The summed E-state index contributed by atoms with van der Waals surface area (Å²) in [6.07, 6.45) is 3.67. The third-order valence-electron chi connectivity index (χ3n) is 3.08. The van der Waals surface area contributed by atoms with Gasteiger partial charge in [-0.3, -0.25) is 0 Å². The number of hydrogen-bond donors (Lipinski definition) is 2. The second-order valence-electron chi connectivity index (χ2n) is 4.53. The monoisotopic (exact) mass is 271 g/mol. The number of anilines is 1. The summed E-state index contributed by atoms with van der Waals surface area (Å²) in [5.41, 5.74) is 0. The van der Waals surface area contributed by atoms with Gasteiger partial charge in [0, 0.05) is 13.2 Å². The third-order valence-corrected chi connectivity index (χ3v) is 3.27. The van der Waals surface area contributed by atoms with Crippen molar-refractivity contribution in [3.05, 3.63) is 17.0 Å². The van der Waals surface area contributed by atoms with Crippen molar-refractivity contribution in [2.75, 3.05) is 12.4 Å². The summed E-state index contributed by atoms with van der Waals surface area (Å²) in [6, 6.07) is 1.71. The first-order valence-electron chi connectivity index (χ1n) is 6.16. The van der Waals surface area contributed by atoms with Crippen LogP contribution < -0.4 is 5.32 Å². The fourth-order valence-corrected chi connectivity index (χ4v) is 2.40. The van der Waals surface area contributed by atoms with Crippen LogP contribution in [-0.2, 0) is 11.3 Å². The molecule has 1 aliphatic rings. The van der Waals surface area contributed by atoms with Crippen molar-refractivity contribution in [1.82, 2.24) is 9.97 Å². The molecule has 0 bridgehead atoms. The largest absolute Gasteiger partial charge is 0.391 e. The lowest BCUT2D eigenvalue weighted by molar-refractivity contribution is 0.116. The molecule has 0 aromatic carbocycles. The van der Waals surface area contributed by atoms with E-state index in [4.69, 9.17) is 16.3 Å². The predicted molar refractivity (Wildman–Crippen MR) is 69.6 cm³/mol. The molecule has 1 heterocycles. The minimum Gasteiger partial charge on any atom is -0.391 e. The Morgan fingerprint density at radius 2 is 2.22 bits per heavy atom. The number of rotatable bonds is 4. The van der Waals surface area contributed by atoms with Crippen LogP contribution in [-0.4, -0.2) is 34.3 Å². The van der Waals surface area contributed by atoms with E-state index < -0.39 is 0 Å². The molecule has 18 heavy (non-hydrogen) atoms. The van der Waals surface area contributed by atoms with Crippen LogP contribution in [0.2, 0.25) is 5.15 Å². The van der Waals surface area contributed by atoms with Gasteiger partial charge in [0.05, 0.1) is 12.1 Å². The standard InChI is InChI=1S/C12H18ClN3O2/c1-18-7-12-15-10(13)6-11(16-12)14-8-4-2-3-5-9(8)17/h6,8-9,17H,2-5,7H2,1H3,(H,14,15,16). The van der Waals surface area contributed by atoms with Gasteiger partial charge in [-0.2, -0.15) is 0 Å². The molecule has 1 aromatic heterocycles. The minimum atomic E-state index is -0.321. The molecule has 2 atom stereocenters. The lowest BCUT2D eigenvalue weighted by Gasteiger charge is -2.28. The van der Waals surface area contributed by atoms with Crippen molar-refractivity contribution >= 4 is 17.4 Å². The highest BCUT2D eigenvalue weighted by Gasteiger charge is 2.23. The molecular formula is C12H18ClN3O2. The van der Waals surface area contributed by atoms with E-state index in [0.717, 1.165) is 25.7 Å². The van der Waals surface area contributed by atoms with Gasteiger partial charge in [0.1, 0.15) is 17.6 Å². The fraction of sp³-hybridized carbons (Fsp3) is 0.667. The summed E-state index contributed by atoms with van der Waals surface area (Å²) in [5, 5.41) is 13.5. The van der Waals surface area contributed by atoms with Crippen molar-refractivity contribution in [3.8, 4) is 0 Å². The van der Waals surface area contributed by atoms with Crippen LogP contribution in [0.15, 0.2) is 6.07 Å². The molecule has 100 valence electrons. The van der Waals surface area contributed by atoms with E-state index in [0.29, 0.717) is 23.4 Å². The SMILES string of the molecule is COCc1nc(Cl)cc(NC2CCCCC2O)n1. The third kappa shape index (κ3) is 3.54. The first kappa shape index (κ1) is 13.5. The normalized spacial score (nSPS) is 23.9. The molecule has 1 aromatic rings. The summed E-state index contributed by atoms with van der Waals surface area (Å²) in [4.78, 5) is 8.37. The number of halogens is 1. The zero-order chi connectivity index (χ0) is 13.0. The van der Waals surface area contributed by atoms with Gasteiger partial charge in [-0.05, 0) is 12.8 Å². The Morgan fingerprint density at radius 1 is 1.44 bits per heavy atom. The molecule has 0 radical (unpaired) electrons. The van der Waals surface area contributed by atoms with E-state index in [2.05, 4.69) is 15.3 Å². The van der Waals surface area contributed by atoms with Crippen LogP contribution in [0.5, 0.6) is 0 Å². The second-order valence-corrected chi connectivity index (χ2v) is 4.92. The van der Waals surface area contributed by atoms with E-state index in [1.165, 1.54) is 0 Å². The maximum atomic E-state index is 9.91. The molecule has 1 aliphatic carbocycles. The zero-order valence-corrected chi connectivity index (χ0v) is 11.2. The second kappa shape index (κ2) is 6.31. The summed E-state index contributed by atoms with van der Waals surface area (Å²) < 4.78 is 4.99. The van der Waals surface area contributed by atoms with E-state index in [-0.39, 0.29) is 12.1 Å². The van der Waals surface area contributed by atoms with Crippen LogP contribution in [0.25, 0.3) is 0 Å². The quantitative estimate of drug-likeness (QED) is 0.820. The van der Waals surface area contributed by atoms with Gasteiger partial charge in [0.25, 0.3) is 0 Å². The Morgan fingerprint density at radius 3 is 2.94 bits per heavy atom. The van der Waals surface area contributed by atoms with Crippen LogP contribution in [0.4, 0.5) is 5.82 Å². The van der Waals surface area contributed by atoms with Crippen molar-refractivity contribution < 1.29 is 9.84 Å². The smallest absolute Gasteiger partial charge is 0.158 e. The number of nitrogens with one attached hydrogen (secondary N) is 1. The number of aliphatic hydroxyl groups is 1. The van der Waals surface area contributed by atoms with E-state index in [9.17, 15) is 5.11 Å². The lowest BCUT2D eigenvalue weighted by atomic mass is 9.93. The molecular weight excluding hydrogens is 254 g/mol. The van der Waals surface area contributed by atoms with Crippen molar-refractivity contribution in [2.24, 2.45) is 0 Å². The molecule has 1 saturated carbocycles. The highest BCUT2D eigenvalue weighted by Crippen LogP contribution is 2.22. The fourth-order valence-electron chi connectivity index (χ4n) is 2.20. The average molecular weight is 272 g/mol. The van der Waals surface area contributed by atoms with Gasteiger partial charge in [-0.1, -0.05) is 24.4 Å². The predicted octanol–water partition coefficient (Wildman–Crippen LogP) is 1.99. The summed E-state index contributed by atoms with van der Waals surface area (Å²) >= 11 is 5.93. The number of aromatic nitrogens is 2. The Balaban J connectivity index is 2.07. The van der Waals surface area contributed by atoms with Crippen LogP contribution >= 0.6 is 11.6 Å². The topological polar surface area (TPSA) is 67.3 Å². The van der Waals surface area contributed by atoms with E-state index in [1.807, 2.05) is 0 Å². The molecule has 2 N–H and O–H groups in total. The van der Waals surface area contributed by atoms with Crippen LogP contribution in [0.1, 0.15) is 31.5 Å². The Kier molecular flexibility index (Phi) is 4.74. The van der Waals surface area contributed by atoms with E-state index in [1.54, 1.807) is 13.2 Å². The number of aliphatic hydroxyl groups excluding tert-OH is 1. The molecule has 2 unspecified atom stereocenters. The lowest BCUT2D eigenvalue weighted by Crippen LogP contribution is -2.36. The minimum absolute atomic E-state index is 0.0418. The first-order chi connectivity index (χ1) is 8.69. The molecule has 0 saturated heterocycles. The molecule has 0 spiro atoms. The summed E-state index contributed by atoms with van der Waals surface area (Å²) in [7, 11) is 1.59. The molecule has 2 rings (SSSR count). The van der Waals surface area contributed by atoms with Gasteiger partial charge >= 0.3 is 0 Å². The number of nitrogens with zero attached hydrogens (tertiary/aromatic N) is 2. The van der Waals surface area contributed by atoms with Crippen molar-refractivity contribution in [3.63, 3.8) is 0 Å². The molecule has 1 fully saturated rings. The van der Waals surface area contributed by atoms with Gasteiger partial charge in [0.2, 0.25) is 0 Å². The van der Waals surface area contributed by atoms with Crippen molar-refractivity contribution in [2.45, 2.75) is 44.4 Å². The average Bonchev–Trinajstić information content (AvgIpc) is 2.32. The number of methoxy groups -OCH3 is 1. The molecule has 0 amide bonds. The molecule has 5 nitrogen and oxygen atoms in total. The Labute approximate surface area is 112 Å². The van der Waals surface area contributed by atoms with Gasteiger partial charge < -0.3 is 15.2 Å². The maximum absolute atomic E-state index is 9.91. The molecule has 0 aliphatic heterocycles. The summed E-state index contributed by atoms with van der Waals surface area (Å²) in [6.45, 7) is 0.322. The van der Waals surface area contributed by atoms with Crippen molar-refractivity contribution in [1.29, 1.82) is 0 Å². The highest BCUT2D eigenvalue weighted by molar-refractivity contribution is 6.29. The van der Waals surface area contributed by atoms with Gasteiger partial charge in [-0.25, -0.2) is 9.97 Å². The van der Waals surface area contributed by atoms with Crippen LogP contribution in [0.3, 0.4) is 0 Å². The first-order valence-corrected chi connectivity index (χ1v) is 6.54. The zero-order valence-electron chi connectivity index (χ0n) is 10.4. The summed E-state index contributed by atoms with van der Waals surface area (Å²) in [5.74, 6) is 1.19. The van der Waals surface area contributed by atoms with Crippen LogP contribution in [0, 0.1) is 0 Å².